The second kappa shape index (κ2) is 5.17. The lowest BCUT2D eigenvalue weighted by Gasteiger charge is -2.10. The van der Waals surface area contributed by atoms with Gasteiger partial charge >= 0.3 is 0 Å². The van der Waals surface area contributed by atoms with Crippen molar-refractivity contribution in [2.45, 2.75) is 20.3 Å². The molecule has 0 amide bonds. The van der Waals surface area contributed by atoms with E-state index in [0.29, 0.717) is 23.6 Å². The molecule has 100 valence electrons. The van der Waals surface area contributed by atoms with E-state index in [1.54, 1.807) is 6.92 Å². The first-order valence-corrected chi connectivity index (χ1v) is 5.77. The Kier molecular flexibility index (Phi) is 3.59. The van der Waals surface area contributed by atoms with Crippen LogP contribution in [0.25, 0.3) is 0 Å². The minimum atomic E-state index is -0.979. The first-order valence-electron chi connectivity index (χ1n) is 5.77. The summed E-state index contributed by atoms with van der Waals surface area (Å²) >= 11 is 0. The SMILES string of the molecule is CCc1nc(N)c(C)c(Oc2ccc(F)c(F)c2)n1. The molecular formula is C13H13F2N3O. The van der Waals surface area contributed by atoms with Gasteiger partial charge in [-0.2, -0.15) is 4.98 Å². The summed E-state index contributed by atoms with van der Waals surface area (Å²) in [5.41, 5.74) is 6.30. The smallest absolute Gasteiger partial charge is 0.227 e. The Balaban J connectivity index is 2.37. The first kappa shape index (κ1) is 13.2. The van der Waals surface area contributed by atoms with Crippen LogP contribution in [0.1, 0.15) is 18.3 Å². The third-order valence-corrected chi connectivity index (χ3v) is 2.61. The molecule has 0 aliphatic carbocycles. The van der Waals surface area contributed by atoms with E-state index >= 15 is 0 Å². The molecule has 1 aromatic heterocycles. The van der Waals surface area contributed by atoms with Gasteiger partial charge < -0.3 is 10.5 Å². The lowest BCUT2D eigenvalue weighted by atomic mass is 10.3. The quantitative estimate of drug-likeness (QED) is 0.926. The molecule has 0 fully saturated rings. The monoisotopic (exact) mass is 265 g/mol. The summed E-state index contributed by atoms with van der Waals surface area (Å²) in [6.07, 6.45) is 0.596. The number of aryl methyl sites for hydroxylation is 1. The molecule has 0 bridgehead atoms. The van der Waals surface area contributed by atoms with Gasteiger partial charge in [-0.1, -0.05) is 6.92 Å². The van der Waals surface area contributed by atoms with E-state index in [4.69, 9.17) is 10.5 Å². The van der Waals surface area contributed by atoms with Crippen LogP contribution in [0.15, 0.2) is 18.2 Å². The van der Waals surface area contributed by atoms with Crippen LogP contribution in [0, 0.1) is 18.6 Å². The second-order valence-electron chi connectivity index (χ2n) is 3.99. The number of anilines is 1. The van der Waals surface area contributed by atoms with Gasteiger partial charge in [-0.05, 0) is 19.1 Å². The molecule has 2 aromatic rings. The van der Waals surface area contributed by atoms with Gasteiger partial charge in [0, 0.05) is 12.5 Å². The van der Waals surface area contributed by atoms with Crippen molar-refractivity contribution in [1.29, 1.82) is 0 Å². The molecule has 0 aliphatic heterocycles. The van der Waals surface area contributed by atoms with Gasteiger partial charge in [0.15, 0.2) is 11.6 Å². The standard InChI is InChI=1S/C13H13F2N3O/c1-3-11-17-12(16)7(2)13(18-11)19-8-4-5-9(14)10(15)6-8/h4-6H,3H2,1-2H3,(H2,16,17,18). The van der Waals surface area contributed by atoms with Crippen LogP contribution < -0.4 is 10.5 Å². The summed E-state index contributed by atoms with van der Waals surface area (Å²) in [6.45, 7) is 3.58. The zero-order valence-electron chi connectivity index (χ0n) is 10.6. The molecule has 0 saturated heterocycles. The number of nitrogen functional groups attached to an aromatic ring is 1. The maximum Gasteiger partial charge on any atom is 0.227 e. The van der Waals surface area contributed by atoms with Crippen molar-refractivity contribution in [1.82, 2.24) is 9.97 Å². The molecular weight excluding hydrogens is 252 g/mol. The van der Waals surface area contributed by atoms with E-state index in [0.717, 1.165) is 12.1 Å². The van der Waals surface area contributed by atoms with E-state index < -0.39 is 11.6 Å². The van der Waals surface area contributed by atoms with Crippen molar-refractivity contribution in [3.8, 4) is 11.6 Å². The maximum absolute atomic E-state index is 13.1. The molecule has 2 rings (SSSR count). The number of ether oxygens (including phenoxy) is 1. The molecule has 0 saturated carbocycles. The lowest BCUT2D eigenvalue weighted by molar-refractivity contribution is 0.442. The number of hydrogen-bond donors (Lipinski definition) is 1. The molecule has 4 nitrogen and oxygen atoms in total. The average Bonchev–Trinajstić information content (AvgIpc) is 2.39. The first-order chi connectivity index (χ1) is 9.01. The minimum absolute atomic E-state index is 0.155. The summed E-state index contributed by atoms with van der Waals surface area (Å²) < 4.78 is 31.3. The van der Waals surface area contributed by atoms with Gasteiger partial charge in [0.25, 0.3) is 0 Å². The van der Waals surface area contributed by atoms with Gasteiger partial charge in [0.05, 0.1) is 5.56 Å². The van der Waals surface area contributed by atoms with Crippen LogP contribution >= 0.6 is 0 Å². The number of aromatic nitrogens is 2. The maximum atomic E-state index is 13.1. The number of benzene rings is 1. The fraction of sp³-hybridized carbons (Fsp3) is 0.231. The molecule has 0 spiro atoms. The molecule has 1 aromatic carbocycles. The summed E-state index contributed by atoms with van der Waals surface area (Å²) in [4.78, 5) is 8.25. The fourth-order valence-electron chi connectivity index (χ4n) is 1.47. The minimum Gasteiger partial charge on any atom is -0.438 e. The average molecular weight is 265 g/mol. The van der Waals surface area contributed by atoms with Crippen molar-refractivity contribution in [3.05, 3.63) is 41.2 Å². The topological polar surface area (TPSA) is 61.0 Å². The summed E-state index contributed by atoms with van der Waals surface area (Å²) in [5.74, 6) is -0.670. The molecule has 19 heavy (non-hydrogen) atoms. The van der Waals surface area contributed by atoms with Crippen molar-refractivity contribution in [2.24, 2.45) is 0 Å². The van der Waals surface area contributed by atoms with E-state index in [1.807, 2.05) is 6.92 Å². The predicted molar refractivity (Wildman–Crippen MR) is 67.0 cm³/mol. The highest BCUT2D eigenvalue weighted by Crippen LogP contribution is 2.26. The highest BCUT2D eigenvalue weighted by Gasteiger charge is 2.11. The molecule has 0 radical (unpaired) electrons. The third-order valence-electron chi connectivity index (χ3n) is 2.61. The number of nitrogens with zero attached hydrogens (tertiary/aromatic N) is 2. The Labute approximate surface area is 109 Å². The Morgan fingerprint density at radius 2 is 1.95 bits per heavy atom. The van der Waals surface area contributed by atoms with Crippen molar-refractivity contribution >= 4 is 5.82 Å². The normalized spacial score (nSPS) is 10.5. The van der Waals surface area contributed by atoms with Gasteiger partial charge in [-0.3, -0.25) is 0 Å². The van der Waals surface area contributed by atoms with E-state index in [1.165, 1.54) is 6.07 Å². The molecule has 6 heteroatoms. The molecule has 0 atom stereocenters. The molecule has 1 heterocycles. The Morgan fingerprint density at radius 3 is 2.58 bits per heavy atom. The number of rotatable bonds is 3. The third kappa shape index (κ3) is 2.78. The number of halogens is 2. The lowest BCUT2D eigenvalue weighted by Crippen LogP contribution is -2.04. The number of hydrogen-bond acceptors (Lipinski definition) is 4. The summed E-state index contributed by atoms with van der Waals surface area (Å²) in [6, 6.07) is 3.27. The van der Waals surface area contributed by atoms with E-state index in [-0.39, 0.29) is 11.6 Å². The van der Waals surface area contributed by atoms with Crippen molar-refractivity contribution in [2.75, 3.05) is 5.73 Å². The largest absolute Gasteiger partial charge is 0.438 e. The summed E-state index contributed by atoms with van der Waals surface area (Å²) in [7, 11) is 0. The van der Waals surface area contributed by atoms with Crippen molar-refractivity contribution in [3.63, 3.8) is 0 Å². The zero-order chi connectivity index (χ0) is 14.0. The molecule has 0 unspecified atom stereocenters. The fourth-order valence-corrected chi connectivity index (χ4v) is 1.47. The summed E-state index contributed by atoms with van der Waals surface area (Å²) in [5, 5.41) is 0. The second-order valence-corrected chi connectivity index (χ2v) is 3.99. The van der Waals surface area contributed by atoms with Gasteiger partial charge in [-0.15, -0.1) is 0 Å². The van der Waals surface area contributed by atoms with Gasteiger partial charge in [-0.25, -0.2) is 13.8 Å². The van der Waals surface area contributed by atoms with Crippen LogP contribution in [0.2, 0.25) is 0 Å². The van der Waals surface area contributed by atoms with E-state index in [9.17, 15) is 8.78 Å². The van der Waals surface area contributed by atoms with E-state index in [2.05, 4.69) is 9.97 Å². The van der Waals surface area contributed by atoms with Crippen LogP contribution in [-0.4, -0.2) is 9.97 Å². The van der Waals surface area contributed by atoms with Crippen molar-refractivity contribution < 1.29 is 13.5 Å². The Morgan fingerprint density at radius 1 is 1.21 bits per heavy atom. The Bertz CT molecular complexity index is 617. The van der Waals surface area contributed by atoms with Crippen LogP contribution in [0.4, 0.5) is 14.6 Å². The number of nitrogens with two attached hydrogens (primary N) is 1. The predicted octanol–water partition coefficient (Wildman–Crippen LogP) is 3.00. The highest BCUT2D eigenvalue weighted by molar-refractivity contribution is 5.46. The zero-order valence-corrected chi connectivity index (χ0v) is 10.6. The molecule has 2 N–H and O–H groups in total. The molecule has 0 aliphatic rings. The Hall–Kier alpha value is -2.24. The van der Waals surface area contributed by atoms with Crippen LogP contribution in [0.5, 0.6) is 11.6 Å². The van der Waals surface area contributed by atoms with Crippen LogP contribution in [-0.2, 0) is 6.42 Å². The van der Waals surface area contributed by atoms with Gasteiger partial charge in [0.2, 0.25) is 5.88 Å². The van der Waals surface area contributed by atoms with Crippen LogP contribution in [0.3, 0.4) is 0 Å². The highest BCUT2D eigenvalue weighted by atomic mass is 19.2. The van der Waals surface area contributed by atoms with Gasteiger partial charge in [0.1, 0.15) is 17.4 Å².